The highest BCUT2D eigenvalue weighted by Crippen LogP contribution is 2.51. The largest absolute Gasteiger partial charge is 0.346 e. The van der Waals surface area contributed by atoms with E-state index in [0.29, 0.717) is 21.7 Å². The predicted molar refractivity (Wildman–Crippen MR) is 115 cm³/mol. The number of likely N-dealkylation sites (tertiary alicyclic amines) is 1. The van der Waals surface area contributed by atoms with E-state index in [1.165, 1.54) is 24.0 Å². The van der Waals surface area contributed by atoms with E-state index in [9.17, 15) is 0 Å². The van der Waals surface area contributed by atoms with Crippen LogP contribution in [0.3, 0.4) is 0 Å². The molecule has 3 aromatic rings. The van der Waals surface area contributed by atoms with Crippen molar-refractivity contribution in [1.82, 2.24) is 25.1 Å². The van der Waals surface area contributed by atoms with Gasteiger partial charge in [0.05, 0.1) is 21.8 Å². The van der Waals surface area contributed by atoms with Crippen LogP contribution in [0.25, 0.3) is 5.69 Å². The van der Waals surface area contributed by atoms with E-state index in [4.69, 9.17) is 23.2 Å². The molecule has 1 aromatic heterocycles. The Labute approximate surface area is 179 Å². The van der Waals surface area contributed by atoms with Gasteiger partial charge in [0, 0.05) is 5.41 Å². The molecular weight excluding hydrogens is 407 g/mol. The first-order chi connectivity index (χ1) is 14.1. The summed E-state index contributed by atoms with van der Waals surface area (Å²) < 4.78 is 1.62. The molecule has 2 aliphatic rings. The third kappa shape index (κ3) is 3.19. The third-order valence-corrected chi connectivity index (χ3v) is 7.19. The molecule has 0 radical (unpaired) electrons. The van der Waals surface area contributed by atoms with Crippen LogP contribution in [-0.2, 0) is 5.41 Å². The first-order valence-electron chi connectivity index (χ1n) is 9.85. The van der Waals surface area contributed by atoms with E-state index in [1.807, 2.05) is 12.1 Å². The molecular formula is C21H22Cl2N6. The fraction of sp³-hybridized carbons (Fsp3) is 0.381. The lowest BCUT2D eigenvalue weighted by molar-refractivity contribution is 0.183. The van der Waals surface area contributed by atoms with Gasteiger partial charge < -0.3 is 10.2 Å². The van der Waals surface area contributed by atoms with Gasteiger partial charge in [0.25, 0.3) is 0 Å². The minimum absolute atomic E-state index is 0.150. The molecule has 1 saturated heterocycles. The maximum atomic E-state index is 6.40. The van der Waals surface area contributed by atoms with Crippen molar-refractivity contribution in [3.63, 3.8) is 0 Å². The Kier molecular flexibility index (Phi) is 4.73. The summed E-state index contributed by atoms with van der Waals surface area (Å²) in [7, 11) is 2.20. The summed E-state index contributed by atoms with van der Waals surface area (Å²) in [6.45, 7) is 2.24. The van der Waals surface area contributed by atoms with Gasteiger partial charge in [-0.05, 0) is 73.1 Å². The summed E-state index contributed by atoms with van der Waals surface area (Å²) in [6, 6.07) is 14.4. The highest BCUT2D eigenvalue weighted by molar-refractivity contribution is 6.43. The van der Waals surface area contributed by atoms with Crippen LogP contribution < -0.4 is 5.32 Å². The Morgan fingerprint density at radius 2 is 1.86 bits per heavy atom. The Morgan fingerprint density at radius 1 is 1.07 bits per heavy atom. The zero-order chi connectivity index (χ0) is 20.0. The number of aromatic nitrogens is 4. The van der Waals surface area contributed by atoms with Gasteiger partial charge in [-0.3, -0.25) is 0 Å². The second-order valence-corrected chi connectivity index (χ2v) is 8.84. The summed E-state index contributed by atoms with van der Waals surface area (Å²) in [6.07, 6.45) is 3.38. The lowest BCUT2D eigenvalue weighted by atomic mass is 9.74. The molecule has 1 spiro atoms. The van der Waals surface area contributed by atoms with E-state index in [-0.39, 0.29) is 11.5 Å². The van der Waals surface area contributed by atoms with Crippen LogP contribution in [0.4, 0.5) is 5.95 Å². The number of piperidine rings is 1. The molecule has 29 heavy (non-hydrogen) atoms. The molecule has 0 saturated carbocycles. The third-order valence-electron chi connectivity index (χ3n) is 6.38. The Hall–Kier alpha value is -2.15. The summed E-state index contributed by atoms with van der Waals surface area (Å²) in [4.78, 5) is 2.41. The van der Waals surface area contributed by atoms with Gasteiger partial charge >= 0.3 is 0 Å². The minimum atomic E-state index is 0.150. The van der Waals surface area contributed by atoms with Crippen molar-refractivity contribution < 1.29 is 0 Å². The number of nitrogens with one attached hydrogen (secondary N) is 1. The van der Waals surface area contributed by atoms with Crippen LogP contribution in [0.5, 0.6) is 0 Å². The lowest BCUT2D eigenvalue weighted by Crippen LogP contribution is -2.39. The number of halogens is 2. The van der Waals surface area contributed by atoms with Gasteiger partial charge in [-0.25, -0.2) is 0 Å². The van der Waals surface area contributed by atoms with Crippen molar-refractivity contribution in [3.8, 4) is 5.69 Å². The van der Waals surface area contributed by atoms with Crippen LogP contribution >= 0.6 is 23.2 Å². The molecule has 150 valence electrons. The van der Waals surface area contributed by atoms with Crippen molar-refractivity contribution in [2.75, 3.05) is 25.5 Å². The molecule has 1 aliphatic carbocycles. The first-order valence-corrected chi connectivity index (χ1v) is 10.6. The number of tetrazole rings is 1. The van der Waals surface area contributed by atoms with Crippen LogP contribution in [0, 0.1) is 0 Å². The molecule has 2 heterocycles. The maximum absolute atomic E-state index is 6.40. The number of benzene rings is 2. The standard InChI is InChI=1S/C21H22Cl2N6/c1-28-11-9-21(10-12-28)13-17(14-5-2-3-6-15(14)21)24-20-25-26-27-29(20)18-8-4-7-16(22)19(18)23/h2-8,17H,9-13H2,1H3,(H,24,25,27). The highest BCUT2D eigenvalue weighted by atomic mass is 35.5. The first kappa shape index (κ1) is 18.9. The molecule has 8 heteroatoms. The quantitative estimate of drug-likeness (QED) is 0.665. The molecule has 1 fully saturated rings. The second kappa shape index (κ2) is 7.27. The average Bonchev–Trinajstić information content (AvgIpc) is 3.30. The van der Waals surface area contributed by atoms with Crippen LogP contribution in [-0.4, -0.2) is 45.2 Å². The smallest absolute Gasteiger partial charge is 0.248 e. The Bertz CT molecular complexity index is 1040. The van der Waals surface area contributed by atoms with Crippen LogP contribution in [0.15, 0.2) is 42.5 Å². The number of rotatable bonds is 3. The number of hydrogen-bond acceptors (Lipinski definition) is 5. The summed E-state index contributed by atoms with van der Waals surface area (Å²) >= 11 is 12.6. The van der Waals surface area contributed by atoms with Crippen molar-refractivity contribution >= 4 is 29.2 Å². The summed E-state index contributed by atoms with van der Waals surface area (Å²) in [5, 5.41) is 16.7. The number of fused-ring (bicyclic) bond motifs is 2. The molecule has 0 bridgehead atoms. The van der Waals surface area contributed by atoms with E-state index in [2.05, 4.69) is 57.1 Å². The van der Waals surface area contributed by atoms with E-state index in [0.717, 1.165) is 19.5 Å². The lowest BCUT2D eigenvalue weighted by Gasteiger charge is -2.39. The topological polar surface area (TPSA) is 58.9 Å². The van der Waals surface area contributed by atoms with Crippen molar-refractivity contribution in [1.29, 1.82) is 0 Å². The summed E-state index contributed by atoms with van der Waals surface area (Å²) in [5.74, 6) is 0.568. The van der Waals surface area contributed by atoms with Crippen molar-refractivity contribution in [2.24, 2.45) is 0 Å². The highest BCUT2D eigenvalue weighted by Gasteiger charge is 2.45. The normalized spacial score (nSPS) is 20.7. The minimum Gasteiger partial charge on any atom is -0.346 e. The van der Waals surface area contributed by atoms with E-state index < -0.39 is 0 Å². The molecule has 1 unspecified atom stereocenters. The van der Waals surface area contributed by atoms with Gasteiger partial charge in [0.2, 0.25) is 5.95 Å². The maximum Gasteiger partial charge on any atom is 0.248 e. The van der Waals surface area contributed by atoms with Gasteiger partial charge in [-0.1, -0.05) is 58.6 Å². The average molecular weight is 429 g/mol. The number of anilines is 1. The monoisotopic (exact) mass is 428 g/mol. The molecule has 1 N–H and O–H groups in total. The van der Waals surface area contributed by atoms with Gasteiger partial charge in [-0.15, -0.1) is 0 Å². The molecule has 2 aromatic carbocycles. The Morgan fingerprint density at radius 3 is 2.69 bits per heavy atom. The van der Waals surface area contributed by atoms with Gasteiger partial charge in [0.15, 0.2) is 0 Å². The number of hydrogen-bond donors (Lipinski definition) is 1. The van der Waals surface area contributed by atoms with E-state index >= 15 is 0 Å². The molecule has 6 nitrogen and oxygen atoms in total. The van der Waals surface area contributed by atoms with Crippen LogP contribution in [0.2, 0.25) is 10.0 Å². The Balaban J connectivity index is 1.48. The van der Waals surface area contributed by atoms with Crippen molar-refractivity contribution in [3.05, 3.63) is 63.6 Å². The fourth-order valence-corrected chi connectivity index (χ4v) is 5.17. The molecule has 0 amide bonds. The zero-order valence-electron chi connectivity index (χ0n) is 16.1. The van der Waals surface area contributed by atoms with E-state index in [1.54, 1.807) is 10.7 Å². The number of nitrogens with zero attached hydrogens (tertiary/aromatic N) is 5. The SMILES string of the molecule is CN1CCC2(CC1)CC(Nc1nnnn1-c1cccc(Cl)c1Cl)c1ccccc12. The van der Waals surface area contributed by atoms with Gasteiger partial charge in [-0.2, -0.15) is 4.68 Å². The molecule has 1 atom stereocenters. The predicted octanol–water partition coefficient (Wildman–Crippen LogP) is 4.49. The second-order valence-electron chi connectivity index (χ2n) is 8.06. The molecule has 5 rings (SSSR count). The van der Waals surface area contributed by atoms with Crippen molar-refractivity contribution in [2.45, 2.75) is 30.7 Å². The zero-order valence-corrected chi connectivity index (χ0v) is 17.7. The fourth-order valence-electron chi connectivity index (χ4n) is 4.79. The summed E-state index contributed by atoms with van der Waals surface area (Å²) in [5.41, 5.74) is 3.67. The van der Waals surface area contributed by atoms with Gasteiger partial charge in [0.1, 0.15) is 0 Å². The molecule has 1 aliphatic heterocycles. The van der Waals surface area contributed by atoms with Crippen LogP contribution in [0.1, 0.15) is 36.4 Å².